The normalized spacial score (nSPS) is 15.1. The van der Waals surface area contributed by atoms with E-state index in [1.54, 1.807) is 23.8 Å². The van der Waals surface area contributed by atoms with Gasteiger partial charge in [0.2, 0.25) is 5.91 Å². The number of nitrogens with zero attached hydrogens (tertiary/aromatic N) is 2. The minimum absolute atomic E-state index is 0.0466. The third-order valence-electron chi connectivity index (χ3n) is 4.26. The highest BCUT2D eigenvalue weighted by Gasteiger charge is 2.36. The van der Waals surface area contributed by atoms with Gasteiger partial charge in [0.1, 0.15) is 11.8 Å². The molecule has 1 aromatic rings. The molecule has 1 aliphatic carbocycles. The number of aliphatic carboxylic acids is 1. The first-order valence-corrected chi connectivity index (χ1v) is 8.39. The van der Waals surface area contributed by atoms with Crippen LogP contribution >= 0.6 is 0 Å². The summed E-state index contributed by atoms with van der Waals surface area (Å²) in [5, 5.41) is 9.18. The largest absolute Gasteiger partial charge is 0.494 e. The highest BCUT2D eigenvalue weighted by molar-refractivity contribution is 5.79. The molecule has 1 saturated carbocycles. The number of carbonyl (C=O) groups is 2. The van der Waals surface area contributed by atoms with Gasteiger partial charge >= 0.3 is 5.97 Å². The van der Waals surface area contributed by atoms with Crippen LogP contribution in [0, 0.1) is 0 Å². The summed E-state index contributed by atoms with van der Waals surface area (Å²) >= 11 is 0. The van der Waals surface area contributed by atoms with E-state index in [9.17, 15) is 14.7 Å². The Labute approximate surface area is 143 Å². The topological polar surface area (TPSA) is 70.1 Å². The second kappa shape index (κ2) is 8.68. The maximum atomic E-state index is 12.3. The van der Waals surface area contributed by atoms with Crippen LogP contribution in [0.25, 0.3) is 0 Å². The molecule has 0 spiro atoms. The Morgan fingerprint density at radius 3 is 2.54 bits per heavy atom. The highest BCUT2D eigenvalue weighted by Crippen LogP contribution is 2.28. The van der Waals surface area contributed by atoms with Crippen molar-refractivity contribution in [2.75, 3.05) is 26.7 Å². The number of benzene rings is 1. The molecule has 1 atom stereocenters. The molecule has 0 radical (unpaired) electrons. The molecule has 0 aromatic heterocycles. The third kappa shape index (κ3) is 5.53. The van der Waals surface area contributed by atoms with E-state index >= 15 is 0 Å². The first-order chi connectivity index (χ1) is 11.5. The Morgan fingerprint density at radius 2 is 1.96 bits per heavy atom. The van der Waals surface area contributed by atoms with Gasteiger partial charge in [-0.05, 0) is 38.3 Å². The van der Waals surface area contributed by atoms with Gasteiger partial charge in [0.05, 0.1) is 13.2 Å². The number of carboxylic acid groups (broad SMARTS) is 1. The molecule has 0 bridgehead atoms. The van der Waals surface area contributed by atoms with Gasteiger partial charge in [-0.3, -0.25) is 14.5 Å². The van der Waals surface area contributed by atoms with Gasteiger partial charge in [-0.15, -0.1) is 0 Å². The lowest BCUT2D eigenvalue weighted by Gasteiger charge is -2.27. The van der Waals surface area contributed by atoms with E-state index in [-0.39, 0.29) is 18.5 Å². The summed E-state index contributed by atoms with van der Waals surface area (Å²) in [6.07, 6.45) is 2.67. The van der Waals surface area contributed by atoms with Crippen LogP contribution < -0.4 is 4.74 Å². The van der Waals surface area contributed by atoms with Gasteiger partial charge < -0.3 is 14.7 Å². The minimum atomic E-state index is -0.881. The number of hydrogen-bond donors (Lipinski definition) is 1. The molecule has 132 valence electrons. The number of rotatable bonds is 10. The minimum Gasteiger partial charge on any atom is -0.494 e. The van der Waals surface area contributed by atoms with Crippen molar-refractivity contribution < 1.29 is 19.4 Å². The molecule has 0 heterocycles. The van der Waals surface area contributed by atoms with E-state index in [4.69, 9.17) is 4.74 Å². The molecule has 24 heavy (non-hydrogen) atoms. The fourth-order valence-electron chi connectivity index (χ4n) is 2.54. The first kappa shape index (κ1) is 18.3. The molecule has 1 aromatic carbocycles. The van der Waals surface area contributed by atoms with Crippen LogP contribution in [0.15, 0.2) is 30.3 Å². The monoisotopic (exact) mass is 334 g/mol. The van der Waals surface area contributed by atoms with Crippen molar-refractivity contribution in [3.05, 3.63) is 30.3 Å². The van der Waals surface area contributed by atoms with Crippen molar-refractivity contribution in [3.8, 4) is 5.75 Å². The molecule has 1 unspecified atom stereocenters. The molecule has 1 amide bonds. The summed E-state index contributed by atoms with van der Waals surface area (Å²) < 4.78 is 5.61. The molecule has 6 nitrogen and oxygen atoms in total. The second-order valence-electron chi connectivity index (χ2n) is 6.25. The van der Waals surface area contributed by atoms with Crippen LogP contribution in [0.2, 0.25) is 0 Å². The number of carboxylic acids is 1. The van der Waals surface area contributed by atoms with Gasteiger partial charge in [-0.25, -0.2) is 0 Å². The third-order valence-corrected chi connectivity index (χ3v) is 4.26. The summed E-state index contributed by atoms with van der Waals surface area (Å²) in [6.45, 7) is 2.93. The summed E-state index contributed by atoms with van der Waals surface area (Å²) in [6, 6.07) is 9.17. The summed E-state index contributed by atoms with van der Waals surface area (Å²) in [7, 11) is 1.75. The molecular formula is C18H26N2O4. The maximum Gasteiger partial charge on any atom is 0.320 e. The zero-order valence-corrected chi connectivity index (χ0v) is 14.4. The number of hydrogen-bond acceptors (Lipinski definition) is 4. The Balaban J connectivity index is 1.72. The SMILES string of the molecule is CC(C(=O)O)N(CC(=O)N(C)CCCOc1ccccc1)C1CC1. The standard InChI is InChI=1S/C18H26N2O4/c1-14(18(22)23)20(15-9-10-15)13-17(21)19(2)11-6-12-24-16-7-4-3-5-8-16/h3-5,7-8,14-15H,6,9-13H2,1-2H3,(H,22,23). The van der Waals surface area contributed by atoms with Crippen LogP contribution in [0.3, 0.4) is 0 Å². The average molecular weight is 334 g/mol. The van der Waals surface area contributed by atoms with E-state index in [2.05, 4.69) is 0 Å². The Morgan fingerprint density at radius 1 is 1.29 bits per heavy atom. The maximum absolute atomic E-state index is 12.3. The van der Waals surface area contributed by atoms with E-state index in [1.807, 2.05) is 30.3 Å². The Hall–Kier alpha value is -2.08. The van der Waals surface area contributed by atoms with Crippen molar-refractivity contribution in [1.82, 2.24) is 9.80 Å². The Bertz CT molecular complexity index is 545. The van der Waals surface area contributed by atoms with Crippen LogP contribution in [0.5, 0.6) is 5.75 Å². The van der Waals surface area contributed by atoms with Crippen LogP contribution in [-0.4, -0.2) is 65.6 Å². The van der Waals surface area contributed by atoms with Crippen molar-refractivity contribution in [2.24, 2.45) is 0 Å². The number of carbonyl (C=O) groups excluding carboxylic acids is 1. The summed E-state index contributed by atoms with van der Waals surface area (Å²) in [5.41, 5.74) is 0. The van der Waals surface area contributed by atoms with Crippen molar-refractivity contribution in [2.45, 2.75) is 38.3 Å². The van der Waals surface area contributed by atoms with E-state index in [1.165, 1.54) is 0 Å². The molecule has 6 heteroatoms. The zero-order chi connectivity index (χ0) is 17.5. The van der Waals surface area contributed by atoms with Gasteiger partial charge in [-0.2, -0.15) is 0 Å². The second-order valence-corrected chi connectivity index (χ2v) is 6.25. The van der Waals surface area contributed by atoms with Crippen molar-refractivity contribution in [1.29, 1.82) is 0 Å². The fourth-order valence-corrected chi connectivity index (χ4v) is 2.54. The lowest BCUT2D eigenvalue weighted by atomic mass is 10.2. The fraction of sp³-hybridized carbons (Fsp3) is 0.556. The van der Waals surface area contributed by atoms with Gasteiger partial charge in [0.15, 0.2) is 0 Å². The number of ether oxygens (including phenoxy) is 1. The lowest BCUT2D eigenvalue weighted by Crippen LogP contribution is -2.47. The van der Waals surface area contributed by atoms with Crippen molar-refractivity contribution in [3.63, 3.8) is 0 Å². The van der Waals surface area contributed by atoms with E-state index in [0.29, 0.717) is 13.2 Å². The van der Waals surface area contributed by atoms with Crippen LogP contribution in [0.1, 0.15) is 26.2 Å². The average Bonchev–Trinajstić information content (AvgIpc) is 3.41. The van der Waals surface area contributed by atoms with Crippen LogP contribution in [-0.2, 0) is 9.59 Å². The van der Waals surface area contributed by atoms with Crippen LogP contribution in [0.4, 0.5) is 0 Å². The summed E-state index contributed by atoms with van der Waals surface area (Å²) in [5.74, 6) is -0.106. The van der Waals surface area contributed by atoms with Gasteiger partial charge in [0.25, 0.3) is 0 Å². The van der Waals surface area contributed by atoms with Crippen molar-refractivity contribution >= 4 is 11.9 Å². The number of likely N-dealkylation sites (N-methyl/N-ethyl adjacent to an activating group) is 1. The summed E-state index contributed by atoms with van der Waals surface area (Å²) in [4.78, 5) is 27.0. The number of amides is 1. The smallest absolute Gasteiger partial charge is 0.320 e. The molecule has 1 fully saturated rings. The van der Waals surface area contributed by atoms with Gasteiger partial charge in [0, 0.05) is 19.6 Å². The molecular weight excluding hydrogens is 308 g/mol. The van der Waals surface area contributed by atoms with E-state index < -0.39 is 12.0 Å². The molecule has 0 saturated heterocycles. The molecule has 1 aliphatic rings. The predicted molar refractivity (Wildman–Crippen MR) is 91.0 cm³/mol. The molecule has 1 N–H and O–H groups in total. The zero-order valence-electron chi connectivity index (χ0n) is 14.4. The van der Waals surface area contributed by atoms with E-state index in [0.717, 1.165) is 25.0 Å². The first-order valence-electron chi connectivity index (χ1n) is 8.39. The lowest BCUT2D eigenvalue weighted by molar-refractivity contribution is -0.144. The highest BCUT2D eigenvalue weighted by atomic mass is 16.5. The number of para-hydroxylation sites is 1. The molecule has 2 rings (SSSR count). The quantitative estimate of drug-likeness (QED) is 0.661. The molecule has 0 aliphatic heterocycles. The Kier molecular flexibility index (Phi) is 6.61. The van der Waals surface area contributed by atoms with Gasteiger partial charge in [-0.1, -0.05) is 18.2 Å². The predicted octanol–water partition coefficient (Wildman–Crippen LogP) is 1.85.